The van der Waals surface area contributed by atoms with Crippen LogP contribution < -0.4 is 9.47 Å². The van der Waals surface area contributed by atoms with Gasteiger partial charge in [0.1, 0.15) is 11.5 Å². The molecule has 3 rings (SSSR count). The first-order valence-corrected chi connectivity index (χ1v) is 11.9. The molecule has 8 heteroatoms. The number of ether oxygens (including phenoxy) is 2. The number of aliphatic imine (C=N–C) groups is 1. The molecule has 3 aromatic carbocycles. The Kier molecular flexibility index (Phi) is 11.7. The van der Waals surface area contributed by atoms with Gasteiger partial charge in [0, 0.05) is 18.1 Å². The first kappa shape index (κ1) is 27.6. The average Bonchev–Trinajstić information content (AvgIpc) is 2.81. The molecule has 0 amide bonds. The average molecular weight is 617 g/mol. The second-order valence-corrected chi connectivity index (χ2v) is 9.05. The van der Waals surface area contributed by atoms with E-state index >= 15 is 0 Å². The van der Waals surface area contributed by atoms with Crippen LogP contribution in [0.2, 0.25) is 10.0 Å². The maximum atomic E-state index is 6.41. The minimum atomic E-state index is 0. The van der Waals surface area contributed by atoms with Crippen LogP contribution in [0.4, 0.5) is 5.69 Å². The highest BCUT2D eigenvalue weighted by molar-refractivity contribution is 14.0. The lowest BCUT2D eigenvalue weighted by atomic mass is 10.1. The Labute approximate surface area is 227 Å². The maximum Gasteiger partial charge on any atom is 0.165 e. The van der Waals surface area contributed by atoms with Crippen LogP contribution in [-0.4, -0.2) is 30.0 Å². The van der Waals surface area contributed by atoms with Crippen molar-refractivity contribution in [3.63, 3.8) is 0 Å². The highest BCUT2D eigenvalue weighted by atomic mass is 127. The van der Waals surface area contributed by atoms with E-state index in [9.17, 15) is 0 Å². The molecule has 0 spiro atoms. The number of nitrogens with zero attached hydrogens (tertiary/aromatic N) is 2. The fraction of sp³-hybridized carbons (Fsp3) is 0.240. The molecular weight excluding hydrogens is 590 g/mol. The Morgan fingerprint density at radius 2 is 1.36 bits per heavy atom. The van der Waals surface area contributed by atoms with Gasteiger partial charge in [-0.1, -0.05) is 66.2 Å². The number of amidine groups is 1. The SMILES string of the molecule is CCSC(=Nc1cc(Cl)ccc1Cl)N(Cc1ccc(OC)cc1)Cc1ccc(OC)cc1.I. The predicted molar refractivity (Wildman–Crippen MR) is 152 cm³/mol. The lowest BCUT2D eigenvalue weighted by molar-refractivity contribution is 0.405. The van der Waals surface area contributed by atoms with Crippen molar-refractivity contribution in [2.75, 3.05) is 20.0 Å². The van der Waals surface area contributed by atoms with Crippen molar-refractivity contribution in [3.8, 4) is 11.5 Å². The van der Waals surface area contributed by atoms with Crippen molar-refractivity contribution in [3.05, 3.63) is 87.9 Å². The summed E-state index contributed by atoms with van der Waals surface area (Å²) in [4.78, 5) is 7.15. The molecular formula is C25H27Cl2IN2O2S. The van der Waals surface area contributed by atoms with Gasteiger partial charge in [0.25, 0.3) is 0 Å². The van der Waals surface area contributed by atoms with Gasteiger partial charge in [-0.05, 0) is 59.3 Å². The molecule has 0 unspecified atom stereocenters. The van der Waals surface area contributed by atoms with E-state index in [4.69, 9.17) is 37.7 Å². The van der Waals surface area contributed by atoms with Gasteiger partial charge in [-0.2, -0.15) is 0 Å². The first-order valence-electron chi connectivity index (χ1n) is 10.2. The molecule has 0 saturated carbocycles. The van der Waals surface area contributed by atoms with Crippen LogP contribution in [-0.2, 0) is 13.1 Å². The third kappa shape index (κ3) is 8.28. The maximum absolute atomic E-state index is 6.41. The van der Waals surface area contributed by atoms with Gasteiger partial charge in [-0.15, -0.1) is 24.0 Å². The fourth-order valence-electron chi connectivity index (χ4n) is 3.09. The first-order chi connectivity index (χ1) is 15.5. The van der Waals surface area contributed by atoms with Crippen LogP contribution in [0.5, 0.6) is 11.5 Å². The number of hydrogen-bond donors (Lipinski definition) is 0. The molecule has 0 aliphatic carbocycles. The molecule has 0 aromatic heterocycles. The Morgan fingerprint density at radius 3 is 1.82 bits per heavy atom. The zero-order chi connectivity index (χ0) is 22.9. The van der Waals surface area contributed by atoms with Crippen molar-refractivity contribution >= 4 is 69.8 Å². The van der Waals surface area contributed by atoms with E-state index in [-0.39, 0.29) is 24.0 Å². The smallest absolute Gasteiger partial charge is 0.165 e. The van der Waals surface area contributed by atoms with Crippen LogP contribution in [0.25, 0.3) is 0 Å². The Hall–Kier alpha value is -1.61. The third-order valence-electron chi connectivity index (χ3n) is 4.73. The summed E-state index contributed by atoms with van der Waals surface area (Å²) in [6, 6.07) is 21.5. The van der Waals surface area contributed by atoms with Crippen LogP contribution in [0.15, 0.2) is 71.7 Å². The second-order valence-electron chi connectivity index (χ2n) is 6.98. The van der Waals surface area contributed by atoms with Crippen LogP contribution in [0, 0.1) is 0 Å². The highest BCUT2D eigenvalue weighted by Crippen LogP contribution is 2.30. The van der Waals surface area contributed by atoms with E-state index in [2.05, 4.69) is 36.1 Å². The quantitative estimate of drug-likeness (QED) is 0.146. The van der Waals surface area contributed by atoms with E-state index in [0.717, 1.165) is 33.5 Å². The van der Waals surface area contributed by atoms with Crippen molar-refractivity contribution in [2.45, 2.75) is 20.0 Å². The van der Waals surface area contributed by atoms with Crippen LogP contribution in [0.1, 0.15) is 18.1 Å². The number of methoxy groups -OCH3 is 2. The number of rotatable bonds is 8. The summed E-state index contributed by atoms with van der Waals surface area (Å²) < 4.78 is 10.6. The number of thioether (sulfide) groups is 1. The lowest BCUT2D eigenvalue weighted by Crippen LogP contribution is -2.28. The Balaban J connectivity index is 0.00000385. The summed E-state index contributed by atoms with van der Waals surface area (Å²) in [6.07, 6.45) is 0. The van der Waals surface area contributed by atoms with Gasteiger partial charge in [0.15, 0.2) is 5.17 Å². The van der Waals surface area contributed by atoms with Gasteiger partial charge < -0.3 is 14.4 Å². The van der Waals surface area contributed by atoms with Crippen molar-refractivity contribution < 1.29 is 9.47 Å². The second kappa shape index (κ2) is 13.9. The van der Waals surface area contributed by atoms with E-state index in [1.807, 2.05) is 24.3 Å². The molecule has 0 radical (unpaired) electrons. The standard InChI is InChI=1S/C25H26Cl2N2O2S.HI/c1-4-32-25(28-24-15-20(26)9-14-23(24)27)29(16-18-5-10-21(30-2)11-6-18)17-19-7-12-22(31-3)13-8-19;/h5-15H,4,16-17H2,1-3H3;1H. The van der Waals surface area contributed by atoms with Gasteiger partial charge in [-0.25, -0.2) is 4.99 Å². The van der Waals surface area contributed by atoms with Crippen molar-refractivity contribution in [2.24, 2.45) is 4.99 Å². The summed E-state index contributed by atoms with van der Waals surface area (Å²) in [5, 5.41) is 2.05. The van der Waals surface area contributed by atoms with Gasteiger partial charge in [0.05, 0.1) is 24.9 Å². The normalized spacial score (nSPS) is 11.0. The molecule has 0 fully saturated rings. The zero-order valence-corrected chi connectivity index (χ0v) is 23.4. The minimum absolute atomic E-state index is 0. The highest BCUT2D eigenvalue weighted by Gasteiger charge is 2.15. The summed E-state index contributed by atoms with van der Waals surface area (Å²) in [5.74, 6) is 2.54. The molecule has 0 aliphatic heterocycles. The predicted octanol–water partition coefficient (Wildman–Crippen LogP) is 8.07. The molecule has 33 heavy (non-hydrogen) atoms. The summed E-state index contributed by atoms with van der Waals surface area (Å²) in [7, 11) is 3.34. The Morgan fingerprint density at radius 1 is 0.848 bits per heavy atom. The number of hydrogen-bond acceptors (Lipinski definition) is 4. The lowest BCUT2D eigenvalue weighted by Gasteiger charge is -2.26. The van der Waals surface area contributed by atoms with Crippen molar-refractivity contribution in [1.82, 2.24) is 4.90 Å². The Bertz CT molecular complexity index is 998. The monoisotopic (exact) mass is 616 g/mol. The van der Waals surface area contributed by atoms with E-state index < -0.39 is 0 Å². The topological polar surface area (TPSA) is 34.1 Å². The fourth-order valence-corrected chi connectivity index (χ4v) is 4.15. The third-order valence-corrected chi connectivity index (χ3v) is 6.18. The number of halogens is 3. The van der Waals surface area contributed by atoms with Crippen LogP contribution in [0.3, 0.4) is 0 Å². The summed E-state index contributed by atoms with van der Waals surface area (Å²) in [5.41, 5.74) is 2.96. The summed E-state index contributed by atoms with van der Waals surface area (Å²) >= 11 is 14.3. The van der Waals surface area contributed by atoms with E-state index in [1.54, 1.807) is 44.2 Å². The largest absolute Gasteiger partial charge is 0.497 e. The van der Waals surface area contributed by atoms with Gasteiger partial charge in [-0.3, -0.25) is 0 Å². The summed E-state index contributed by atoms with van der Waals surface area (Å²) in [6.45, 7) is 3.47. The molecule has 4 nitrogen and oxygen atoms in total. The molecule has 0 saturated heterocycles. The molecule has 176 valence electrons. The van der Waals surface area contributed by atoms with Gasteiger partial charge >= 0.3 is 0 Å². The number of benzene rings is 3. The molecule has 0 N–H and O–H groups in total. The van der Waals surface area contributed by atoms with Crippen LogP contribution >= 0.6 is 58.9 Å². The van der Waals surface area contributed by atoms with Crippen molar-refractivity contribution in [1.29, 1.82) is 0 Å². The molecule has 3 aromatic rings. The minimum Gasteiger partial charge on any atom is -0.497 e. The van der Waals surface area contributed by atoms with E-state index in [1.165, 1.54) is 0 Å². The molecule has 0 bridgehead atoms. The van der Waals surface area contributed by atoms with Gasteiger partial charge in [0.2, 0.25) is 0 Å². The molecule has 0 heterocycles. The molecule has 0 aliphatic rings. The van der Waals surface area contributed by atoms with E-state index in [0.29, 0.717) is 28.8 Å². The molecule has 0 atom stereocenters. The zero-order valence-electron chi connectivity index (χ0n) is 18.8.